The number of ether oxygens (including phenoxy) is 2. The molecule has 0 aromatic heterocycles. The Kier molecular flexibility index (Phi) is 10.0. The van der Waals surface area contributed by atoms with Crippen LogP contribution in [0.5, 0.6) is 5.75 Å². The van der Waals surface area contributed by atoms with Gasteiger partial charge in [0.05, 0.1) is 18.4 Å². The second kappa shape index (κ2) is 13.2. The highest BCUT2D eigenvalue weighted by Gasteiger charge is 2.24. The molecule has 0 bridgehead atoms. The number of carbonyl (C=O) groups is 2. The quantitative estimate of drug-likeness (QED) is 0.360. The van der Waals surface area contributed by atoms with Crippen LogP contribution in [0.2, 0.25) is 0 Å². The Bertz CT molecular complexity index is 993. The van der Waals surface area contributed by atoms with E-state index in [1.54, 1.807) is 20.1 Å². The van der Waals surface area contributed by atoms with E-state index >= 15 is 0 Å². The first-order chi connectivity index (χ1) is 16.9. The number of para-hydroxylation sites is 2. The number of amides is 2. The van der Waals surface area contributed by atoms with Crippen LogP contribution in [-0.4, -0.2) is 70.2 Å². The van der Waals surface area contributed by atoms with E-state index in [9.17, 15) is 9.59 Å². The SMILES string of the molecule is CCOCCCNC(=O)c1cc(NC(=O)C(C)Cl)ccc1N1CCN(c2ccccc2OC)CC1. The lowest BCUT2D eigenvalue weighted by atomic mass is 10.1. The van der Waals surface area contributed by atoms with Crippen molar-refractivity contribution in [1.29, 1.82) is 0 Å². The van der Waals surface area contributed by atoms with Crippen LogP contribution < -0.4 is 25.2 Å². The fourth-order valence-electron chi connectivity index (χ4n) is 4.01. The second-order valence-corrected chi connectivity index (χ2v) is 8.94. The highest BCUT2D eigenvalue weighted by molar-refractivity contribution is 6.32. The maximum absolute atomic E-state index is 13.1. The Morgan fingerprint density at radius 1 is 1.06 bits per heavy atom. The van der Waals surface area contributed by atoms with Gasteiger partial charge in [0.1, 0.15) is 11.1 Å². The number of rotatable bonds is 11. The largest absolute Gasteiger partial charge is 0.495 e. The van der Waals surface area contributed by atoms with Crippen LogP contribution in [0.1, 0.15) is 30.6 Å². The van der Waals surface area contributed by atoms with E-state index in [0.29, 0.717) is 31.0 Å². The molecule has 2 N–H and O–H groups in total. The molecule has 1 saturated heterocycles. The van der Waals surface area contributed by atoms with Crippen LogP contribution in [0.25, 0.3) is 0 Å². The van der Waals surface area contributed by atoms with Gasteiger partial charge in [-0.2, -0.15) is 0 Å². The summed E-state index contributed by atoms with van der Waals surface area (Å²) in [6, 6.07) is 13.4. The predicted octanol–water partition coefficient (Wildman–Crippen LogP) is 3.74. The van der Waals surface area contributed by atoms with Crippen LogP contribution >= 0.6 is 11.6 Å². The van der Waals surface area contributed by atoms with Gasteiger partial charge in [-0.1, -0.05) is 12.1 Å². The van der Waals surface area contributed by atoms with Gasteiger partial charge in [0.2, 0.25) is 5.91 Å². The molecule has 0 aliphatic carbocycles. The first-order valence-electron chi connectivity index (χ1n) is 12.0. The van der Waals surface area contributed by atoms with Crippen LogP contribution in [0.3, 0.4) is 0 Å². The molecule has 190 valence electrons. The summed E-state index contributed by atoms with van der Waals surface area (Å²) in [6.07, 6.45) is 0.729. The summed E-state index contributed by atoms with van der Waals surface area (Å²) in [5.41, 5.74) is 2.96. The van der Waals surface area contributed by atoms with Crippen molar-refractivity contribution in [2.45, 2.75) is 25.6 Å². The van der Waals surface area contributed by atoms with Crippen molar-refractivity contribution in [1.82, 2.24) is 5.32 Å². The van der Waals surface area contributed by atoms with Gasteiger partial charge in [-0.05, 0) is 50.6 Å². The number of anilines is 3. The molecule has 1 aliphatic rings. The van der Waals surface area contributed by atoms with Crippen LogP contribution in [0.15, 0.2) is 42.5 Å². The zero-order chi connectivity index (χ0) is 25.2. The number of methoxy groups -OCH3 is 1. The summed E-state index contributed by atoms with van der Waals surface area (Å²) in [5.74, 6) is 0.355. The molecule has 1 fully saturated rings. The van der Waals surface area contributed by atoms with Crippen molar-refractivity contribution in [2.75, 3.05) is 68.2 Å². The summed E-state index contributed by atoms with van der Waals surface area (Å²) in [4.78, 5) is 29.7. The molecule has 8 nitrogen and oxygen atoms in total. The van der Waals surface area contributed by atoms with E-state index in [1.807, 2.05) is 37.3 Å². The third-order valence-electron chi connectivity index (χ3n) is 5.87. The molecule has 1 unspecified atom stereocenters. The van der Waals surface area contributed by atoms with Crippen LogP contribution in [0, 0.1) is 0 Å². The Hall–Kier alpha value is -2.97. The highest BCUT2D eigenvalue weighted by Crippen LogP contribution is 2.31. The predicted molar refractivity (Wildman–Crippen MR) is 141 cm³/mol. The fraction of sp³-hybridized carbons (Fsp3) is 0.462. The third kappa shape index (κ3) is 7.26. The number of halogens is 1. The van der Waals surface area contributed by atoms with Crippen molar-refractivity contribution in [3.8, 4) is 5.75 Å². The van der Waals surface area contributed by atoms with Gasteiger partial charge in [-0.3, -0.25) is 9.59 Å². The molecule has 9 heteroatoms. The number of hydrogen-bond donors (Lipinski definition) is 2. The molecular weight excluding hydrogens is 468 g/mol. The average Bonchev–Trinajstić information content (AvgIpc) is 2.88. The molecule has 3 rings (SSSR count). The number of carbonyl (C=O) groups excluding carboxylic acids is 2. The number of nitrogens with zero attached hydrogens (tertiary/aromatic N) is 2. The number of nitrogens with one attached hydrogen (secondary N) is 2. The summed E-state index contributed by atoms with van der Waals surface area (Å²) in [5, 5.41) is 5.09. The molecule has 2 amide bonds. The average molecular weight is 503 g/mol. The Morgan fingerprint density at radius 3 is 2.40 bits per heavy atom. The van der Waals surface area contributed by atoms with Gasteiger partial charge in [-0.25, -0.2) is 0 Å². The van der Waals surface area contributed by atoms with Crippen LogP contribution in [-0.2, 0) is 9.53 Å². The van der Waals surface area contributed by atoms with E-state index in [4.69, 9.17) is 21.1 Å². The summed E-state index contributed by atoms with van der Waals surface area (Å²) in [6.45, 7) is 8.38. The Labute approximate surface area is 212 Å². The Morgan fingerprint density at radius 2 is 1.74 bits per heavy atom. The lowest BCUT2D eigenvalue weighted by molar-refractivity contribution is -0.115. The summed E-state index contributed by atoms with van der Waals surface area (Å²) >= 11 is 5.90. The molecule has 0 saturated carbocycles. The lowest BCUT2D eigenvalue weighted by Gasteiger charge is -2.38. The minimum absolute atomic E-state index is 0.182. The van der Waals surface area contributed by atoms with E-state index in [1.165, 1.54) is 0 Å². The van der Waals surface area contributed by atoms with Crippen LogP contribution in [0.4, 0.5) is 17.1 Å². The molecule has 0 radical (unpaired) electrons. The van der Waals surface area contributed by atoms with E-state index in [0.717, 1.165) is 49.7 Å². The number of piperazine rings is 1. The molecule has 2 aromatic rings. The van der Waals surface area contributed by atoms with Gasteiger partial charge in [0.15, 0.2) is 0 Å². The molecule has 1 atom stereocenters. The maximum Gasteiger partial charge on any atom is 0.253 e. The minimum atomic E-state index is -0.673. The second-order valence-electron chi connectivity index (χ2n) is 8.29. The van der Waals surface area contributed by atoms with Gasteiger partial charge in [0.25, 0.3) is 5.91 Å². The van der Waals surface area contributed by atoms with E-state index in [2.05, 4.69) is 26.5 Å². The first-order valence-corrected chi connectivity index (χ1v) is 12.5. The normalized spacial score (nSPS) is 14.4. The minimum Gasteiger partial charge on any atom is -0.495 e. The standard InChI is InChI=1S/C26H35ClN4O4/c1-4-35-17-7-12-28-26(33)21-18-20(29-25(32)19(2)27)10-11-22(21)30-13-15-31(16-14-30)23-8-5-6-9-24(23)34-3/h5-6,8-11,18-19H,4,7,12-17H2,1-3H3,(H,28,33)(H,29,32). The topological polar surface area (TPSA) is 83.1 Å². The van der Waals surface area contributed by atoms with Crippen molar-refractivity contribution in [3.63, 3.8) is 0 Å². The van der Waals surface area contributed by atoms with E-state index in [-0.39, 0.29) is 11.8 Å². The summed E-state index contributed by atoms with van der Waals surface area (Å²) in [7, 11) is 1.68. The van der Waals surface area contributed by atoms with Gasteiger partial charge >= 0.3 is 0 Å². The van der Waals surface area contributed by atoms with Crippen molar-refractivity contribution in [3.05, 3.63) is 48.0 Å². The molecule has 2 aromatic carbocycles. The van der Waals surface area contributed by atoms with Gasteiger partial charge in [-0.15, -0.1) is 11.6 Å². The monoisotopic (exact) mass is 502 g/mol. The van der Waals surface area contributed by atoms with Gasteiger partial charge in [0, 0.05) is 57.3 Å². The molecule has 0 spiro atoms. The zero-order valence-corrected chi connectivity index (χ0v) is 21.4. The molecule has 35 heavy (non-hydrogen) atoms. The lowest BCUT2D eigenvalue weighted by Crippen LogP contribution is -2.47. The van der Waals surface area contributed by atoms with Crippen molar-refractivity contribution in [2.24, 2.45) is 0 Å². The molecular formula is C26H35ClN4O4. The maximum atomic E-state index is 13.1. The number of hydrogen-bond acceptors (Lipinski definition) is 6. The van der Waals surface area contributed by atoms with Crippen molar-refractivity contribution < 1.29 is 19.1 Å². The molecule has 1 heterocycles. The molecule has 1 aliphatic heterocycles. The van der Waals surface area contributed by atoms with E-state index < -0.39 is 5.38 Å². The van der Waals surface area contributed by atoms with Crippen molar-refractivity contribution >= 4 is 40.5 Å². The third-order valence-corrected chi connectivity index (χ3v) is 6.07. The first kappa shape index (κ1) is 26.6. The van der Waals surface area contributed by atoms with Gasteiger partial charge < -0.3 is 29.9 Å². The number of benzene rings is 2. The number of alkyl halides is 1. The zero-order valence-electron chi connectivity index (χ0n) is 20.7. The smallest absolute Gasteiger partial charge is 0.253 e. The Balaban J connectivity index is 1.75. The fourth-order valence-corrected chi connectivity index (χ4v) is 4.06. The highest BCUT2D eigenvalue weighted by atomic mass is 35.5. The summed E-state index contributed by atoms with van der Waals surface area (Å²) < 4.78 is 10.9.